The molecule has 2 N–H and O–H groups in total. The monoisotopic (exact) mass is 242 g/mol. The molecule has 4 heteroatoms. The van der Waals surface area contributed by atoms with Gasteiger partial charge in [-0.2, -0.15) is 0 Å². The summed E-state index contributed by atoms with van der Waals surface area (Å²) in [6.45, 7) is 4.46. The van der Waals surface area contributed by atoms with Crippen LogP contribution in [0.2, 0.25) is 0 Å². The summed E-state index contributed by atoms with van der Waals surface area (Å²) in [5.74, 6) is 1.85. The first kappa shape index (κ1) is 11.3. The van der Waals surface area contributed by atoms with Crippen molar-refractivity contribution in [1.29, 1.82) is 0 Å². The van der Waals surface area contributed by atoms with Crippen molar-refractivity contribution in [2.45, 2.75) is 19.8 Å². The maximum Gasteiger partial charge on any atom is 0.139 e. The van der Waals surface area contributed by atoms with E-state index in [0.29, 0.717) is 0 Å². The number of nitrogens with zero attached hydrogens (tertiary/aromatic N) is 3. The fourth-order valence-electron chi connectivity index (χ4n) is 2.53. The van der Waals surface area contributed by atoms with Crippen LogP contribution in [0.5, 0.6) is 0 Å². The Labute approximate surface area is 107 Å². The lowest BCUT2D eigenvalue weighted by Gasteiger charge is -2.31. The van der Waals surface area contributed by atoms with E-state index in [2.05, 4.69) is 21.8 Å². The molecule has 3 rings (SSSR count). The Morgan fingerprint density at radius 1 is 1.22 bits per heavy atom. The van der Waals surface area contributed by atoms with Gasteiger partial charge in [0.1, 0.15) is 12.1 Å². The van der Waals surface area contributed by atoms with Crippen LogP contribution in [0, 0.1) is 5.92 Å². The van der Waals surface area contributed by atoms with Gasteiger partial charge >= 0.3 is 0 Å². The Hall–Kier alpha value is -1.84. The Morgan fingerprint density at radius 3 is 2.78 bits per heavy atom. The maximum atomic E-state index is 5.87. The number of hydrogen-bond donors (Lipinski definition) is 1. The molecule has 1 aromatic carbocycles. The number of anilines is 2. The normalized spacial score (nSPS) is 17.3. The molecule has 18 heavy (non-hydrogen) atoms. The molecule has 0 bridgehead atoms. The highest BCUT2D eigenvalue weighted by atomic mass is 15.2. The summed E-state index contributed by atoms with van der Waals surface area (Å²) in [6.07, 6.45) is 4.10. The molecular formula is C14H18N4. The number of nitrogens with two attached hydrogens (primary N) is 1. The molecule has 1 aromatic heterocycles. The Bertz CT molecular complexity index is 559. The zero-order valence-corrected chi connectivity index (χ0v) is 10.6. The average molecular weight is 242 g/mol. The molecule has 0 amide bonds. The second-order valence-electron chi connectivity index (χ2n) is 5.14. The third kappa shape index (κ3) is 1.98. The van der Waals surface area contributed by atoms with Gasteiger partial charge in [-0.05, 0) is 37.0 Å². The minimum Gasteiger partial charge on any atom is -0.399 e. The molecular weight excluding hydrogens is 224 g/mol. The van der Waals surface area contributed by atoms with E-state index < -0.39 is 0 Å². The molecule has 1 aliphatic rings. The van der Waals surface area contributed by atoms with Gasteiger partial charge in [0.25, 0.3) is 0 Å². The predicted molar refractivity (Wildman–Crippen MR) is 74.6 cm³/mol. The standard InChI is InChI=1S/C14H18N4/c1-10-4-6-18(7-5-10)14-12-8-11(15)2-3-13(12)16-9-17-14/h2-3,8-10H,4-7,15H2,1H3. The predicted octanol–water partition coefficient (Wildman–Crippen LogP) is 2.45. The molecule has 94 valence electrons. The van der Waals surface area contributed by atoms with E-state index in [1.165, 1.54) is 12.8 Å². The van der Waals surface area contributed by atoms with Crippen LogP contribution < -0.4 is 10.6 Å². The van der Waals surface area contributed by atoms with Crippen molar-refractivity contribution < 1.29 is 0 Å². The van der Waals surface area contributed by atoms with E-state index >= 15 is 0 Å². The summed E-state index contributed by atoms with van der Waals surface area (Å²) in [4.78, 5) is 11.1. The lowest BCUT2D eigenvalue weighted by atomic mass is 9.99. The molecule has 0 saturated carbocycles. The van der Waals surface area contributed by atoms with E-state index in [-0.39, 0.29) is 0 Å². The van der Waals surface area contributed by atoms with Crippen molar-refractivity contribution in [3.05, 3.63) is 24.5 Å². The topological polar surface area (TPSA) is 55.0 Å². The molecule has 2 aromatic rings. The lowest BCUT2D eigenvalue weighted by molar-refractivity contribution is 0.437. The molecule has 2 heterocycles. The Morgan fingerprint density at radius 2 is 2.00 bits per heavy atom. The molecule has 1 aliphatic heterocycles. The first-order valence-electron chi connectivity index (χ1n) is 6.49. The van der Waals surface area contributed by atoms with Crippen LogP contribution in [-0.4, -0.2) is 23.1 Å². The number of fused-ring (bicyclic) bond motifs is 1. The number of hydrogen-bond acceptors (Lipinski definition) is 4. The van der Waals surface area contributed by atoms with Gasteiger partial charge in [-0.25, -0.2) is 9.97 Å². The van der Waals surface area contributed by atoms with Crippen LogP contribution in [0.3, 0.4) is 0 Å². The van der Waals surface area contributed by atoms with Crippen LogP contribution in [0.15, 0.2) is 24.5 Å². The molecule has 4 nitrogen and oxygen atoms in total. The SMILES string of the molecule is CC1CCN(c2ncnc3ccc(N)cc23)CC1. The first-order valence-corrected chi connectivity index (χ1v) is 6.49. The second-order valence-corrected chi connectivity index (χ2v) is 5.14. The van der Waals surface area contributed by atoms with Crippen LogP contribution in [0.4, 0.5) is 11.5 Å². The fraction of sp³-hybridized carbons (Fsp3) is 0.429. The minimum atomic E-state index is 0.768. The van der Waals surface area contributed by atoms with Gasteiger partial charge in [0, 0.05) is 24.2 Å². The van der Waals surface area contributed by atoms with Crippen LogP contribution in [-0.2, 0) is 0 Å². The molecule has 1 fully saturated rings. The second kappa shape index (κ2) is 4.44. The van der Waals surface area contributed by atoms with Gasteiger partial charge in [-0.15, -0.1) is 0 Å². The zero-order valence-electron chi connectivity index (χ0n) is 10.6. The first-order chi connectivity index (χ1) is 8.74. The summed E-state index contributed by atoms with van der Waals surface area (Å²) in [6, 6.07) is 5.82. The molecule has 0 radical (unpaired) electrons. The van der Waals surface area contributed by atoms with Crippen molar-refractivity contribution in [2.75, 3.05) is 23.7 Å². The fourth-order valence-corrected chi connectivity index (χ4v) is 2.53. The van der Waals surface area contributed by atoms with Gasteiger partial charge < -0.3 is 10.6 Å². The molecule has 0 unspecified atom stereocenters. The van der Waals surface area contributed by atoms with E-state index in [1.807, 2.05) is 18.2 Å². The van der Waals surface area contributed by atoms with Gasteiger partial charge in [0.05, 0.1) is 5.52 Å². The smallest absolute Gasteiger partial charge is 0.139 e. The average Bonchev–Trinajstić information content (AvgIpc) is 2.39. The maximum absolute atomic E-state index is 5.87. The molecule has 0 aliphatic carbocycles. The van der Waals surface area contributed by atoms with Crippen molar-refractivity contribution >= 4 is 22.4 Å². The van der Waals surface area contributed by atoms with Crippen molar-refractivity contribution in [3.63, 3.8) is 0 Å². The zero-order chi connectivity index (χ0) is 12.5. The number of rotatable bonds is 1. The number of aromatic nitrogens is 2. The van der Waals surface area contributed by atoms with Gasteiger partial charge in [-0.1, -0.05) is 6.92 Å². The Kier molecular flexibility index (Phi) is 2.78. The van der Waals surface area contributed by atoms with Crippen molar-refractivity contribution in [2.24, 2.45) is 5.92 Å². The van der Waals surface area contributed by atoms with Gasteiger partial charge in [0.2, 0.25) is 0 Å². The quantitative estimate of drug-likeness (QED) is 0.780. The summed E-state index contributed by atoms with van der Waals surface area (Å²) in [5.41, 5.74) is 7.60. The van der Waals surface area contributed by atoms with E-state index in [9.17, 15) is 0 Å². The highest BCUT2D eigenvalue weighted by molar-refractivity contribution is 5.91. The number of nitrogen functional groups attached to an aromatic ring is 1. The summed E-state index contributed by atoms with van der Waals surface area (Å²) in [7, 11) is 0. The van der Waals surface area contributed by atoms with E-state index in [4.69, 9.17) is 5.73 Å². The van der Waals surface area contributed by atoms with E-state index in [1.54, 1.807) is 6.33 Å². The number of benzene rings is 1. The van der Waals surface area contributed by atoms with Crippen LogP contribution in [0.1, 0.15) is 19.8 Å². The number of piperidine rings is 1. The molecule has 0 spiro atoms. The van der Waals surface area contributed by atoms with Crippen molar-refractivity contribution in [1.82, 2.24) is 9.97 Å². The molecule has 1 saturated heterocycles. The van der Waals surface area contributed by atoms with Crippen LogP contribution >= 0.6 is 0 Å². The van der Waals surface area contributed by atoms with Gasteiger partial charge in [-0.3, -0.25) is 0 Å². The minimum absolute atomic E-state index is 0.768. The van der Waals surface area contributed by atoms with Crippen LogP contribution in [0.25, 0.3) is 10.9 Å². The Balaban J connectivity index is 2.03. The highest BCUT2D eigenvalue weighted by Crippen LogP contribution is 2.28. The van der Waals surface area contributed by atoms with E-state index in [0.717, 1.165) is 41.4 Å². The molecule has 0 atom stereocenters. The highest BCUT2D eigenvalue weighted by Gasteiger charge is 2.18. The summed E-state index contributed by atoms with van der Waals surface area (Å²) < 4.78 is 0. The van der Waals surface area contributed by atoms with Crippen molar-refractivity contribution in [3.8, 4) is 0 Å². The summed E-state index contributed by atoms with van der Waals surface area (Å²) >= 11 is 0. The lowest BCUT2D eigenvalue weighted by Crippen LogP contribution is -2.33. The summed E-state index contributed by atoms with van der Waals surface area (Å²) in [5, 5.41) is 1.06. The largest absolute Gasteiger partial charge is 0.399 e. The third-order valence-corrected chi connectivity index (χ3v) is 3.72. The third-order valence-electron chi connectivity index (χ3n) is 3.72. The van der Waals surface area contributed by atoms with Gasteiger partial charge in [0.15, 0.2) is 0 Å².